The van der Waals surface area contributed by atoms with Crippen molar-refractivity contribution in [1.82, 2.24) is 9.88 Å². The molecule has 0 bridgehead atoms. The highest BCUT2D eigenvalue weighted by atomic mass is 16.5. The zero-order valence-electron chi connectivity index (χ0n) is 10.1. The van der Waals surface area contributed by atoms with Crippen molar-refractivity contribution in [3.63, 3.8) is 0 Å². The van der Waals surface area contributed by atoms with Gasteiger partial charge in [-0.2, -0.15) is 0 Å². The van der Waals surface area contributed by atoms with Crippen molar-refractivity contribution in [2.75, 3.05) is 32.7 Å². The molecule has 1 aromatic rings. The molecule has 0 fully saturated rings. The van der Waals surface area contributed by atoms with E-state index < -0.39 is 0 Å². The Bertz CT molecular complexity index is 353. The van der Waals surface area contributed by atoms with Crippen LogP contribution in [-0.4, -0.2) is 43.1 Å². The minimum absolute atomic E-state index is 0.0582. The molecular formula is C11H18N4O2. The molecule has 0 aromatic carbocycles. The fourth-order valence-corrected chi connectivity index (χ4v) is 1.37. The number of methoxy groups -OCH3 is 1. The number of hydrogen-bond donors (Lipinski definition) is 2. The van der Waals surface area contributed by atoms with E-state index in [1.807, 2.05) is 0 Å². The molecule has 1 amide bonds. The van der Waals surface area contributed by atoms with Crippen molar-refractivity contribution < 1.29 is 9.53 Å². The Morgan fingerprint density at radius 3 is 2.88 bits per heavy atom. The van der Waals surface area contributed by atoms with Crippen molar-refractivity contribution in [3.05, 3.63) is 23.9 Å². The second-order valence-electron chi connectivity index (χ2n) is 3.65. The van der Waals surface area contributed by atoms with Crippen LogP contribution < -0.4 is 11.3 Å². The van der Waals surface area contributed by atoms with Crippen LogP contribution in [0.25, 0.3) is 0 Å². The average Bonchev–Trinajstić information content (AvgIpc) is 2.38. The maximum Gasteiger partial charge on any atom is 0.255 e. The van der Waals surface area contributed by atoms with Crippen LogP contribution in [0, 0.1) is 0 Å². The van der Waals surface area contributed by atoms with Crippen LogP contribution >= 0.6 is 0 Å². The van der Waals surface area contributed by atoms with Crippen LogP contribution in [-0.2, 0) is 4.74 Å². The number of aromatic nitrogens is 1. The van der Waals surface area contributed by atoms with Gasteiger partial charge in [-0.15, -0.1) is 0 Å². The molecule has 3 N–H and O–H groups in total. The molecule has 0 radical (unpaired) electrons. The van der Waals surface area contributed by atoms with E-state index in [0.717, 1.165) is 6.42 Å². The second kappa shape index (κ2) is 6.82. The summed E-state index contributed by atoms with van der Waals surface area (Å²) in [5.74, 6) is 5.67. The number of nitrogens with zero attached hydrogens (tertiary/aromatic N) is 2. The van der Waals surface area contributed by atoms with E-state index in [4.69, 9.17) is 10.6 Å². The number of hydrazine groups is 1. The summed E-state index contributed by atoms with van der Waals surface area (Å²) in [6.07, 6.45) is 2.32. The van der Waals surface area contributed by atoms with Crippen molar-refractivity contribution in [3.8, 4) is 0 Å². The molecule has 6 heteroatoms. The third kappa shape index (κ3) is 4.01. The molecular weight excluding hydrogens is 220 g/mol. The molecule has 0 aliphatic heterocycles. The number of anilines is 1. The predicted molar refractivity (Wildman–Crippen MR) is 65.5 cm³/mol. The normalized spacial score (nSPS) is 10.1. The lowest BCUT2D eigenvalue weighted by atomic mass is 10.2. The van der Waals surface area contributed by atoms with Crippen molar-refractivity contribution in [2.45, 2.75) is 6.42 Å². The van der Waals surface area contributed by atoms with Crippen LogP contribution in [0.1, 0.15) is 16.8 Å². The molecule has 0 saturated heterocycles. The first-order valence-electron chi connectivity index (χ1n) is 5.36. The summed E-state index contributed by atoms with van der Waals surface area (Å²) in [6, 6.07) is 3.35. The van der Waals surface area contributed by atoms with Gasteiger partial charge in [-0.1, -0.05) is 0 Å². The van der Waals surface area contributed by atoms with E-state index in [-0.39, 0.29) is 5.91 Å². The Morgan fingerprint density at radius 1 is 1.59 bits per heavy atom. The maximum absolute atomic E-state index is 11.9. The number of nitrogen functional groups attached to an aromatic ring is 1. The van der Waals surface area contributed by atoms with Crippen molar-refractivity contribution in [1.29, 1.82) is 0 Å². The van der Waals surface area contributed by atoms with Crippen LogP contribution in [0.3, 0.4) is 0 Å². The van der Waals surface area contributed by atoms with Crippen LogP contribution in [0.4, 0.5) is 5.82 Å². The summed E-state index contributed by atoms with van der Waals surface area (Å²) in [7, 11) is 3.40. The minimum Gasteiger partial charge on any atom is -0.385 e. The topological polar surface area (TPSA) is 80.5 Å². The van der Waals surface area contributed by atoms with Gasteiger partial charge in [0.15, 0.2) is 0 Å². The van der Waals surface area contributed by atoms with E-state index >= 15 is 0 Å². The highest BCUT2D eigenvalue weighted by Gasteiger charge is 2.11. The number of ether oxygens (including phenoxy) is 1. The van der Waals surface area contributed by atoms with Crippen LogP contribution in [0.15, 0.2) is 18.3 Å². The van der Waals surface area contributed by atoms with E-state index in [9.17, 15) is 4.79 Å². The van der Waals surface area contributed by atoms with Gasteiger partial charge in [0.05, 0.1) is 5.56 Å². The molecule has 17 heavy (non-hydrogen) atoms. The van der Waals surface area contributed by atoms with Gasteiger partial charge in [0.2, 0.25) is 0 Å². The minimum atomic E-state index is -0.0582. The number of nitrogens with two attached hydrogens (primary N) is 1. The summed E-state index contributed by atoms with van der Waals surface area (Å²) < 4.78 is 4.94. The Morgan fingerprint density at radius 2 is 2.35 bits per heavy atom. The van der Waals surface area contributed by atoms with E-state index in [1.165, 1.54) is 6.20 Å². The molecule has 0 aliphatic rings. The number of amides is 1. The third-order valence-electron chi connectivity index (χ3n) is 2.35. The Hall–Kier alpha value is -1.66. The molecule has 1 heterocycles. The first-order chi connectivity index (χ1) is 8.19. The van der Waals surface area contributed by atoms with Gasteiger partial charge in [-0.3, -0.25) is 4.79 Å². The predicted octanol–water partition coefficient (Wildman–Crippen LogP) is 0.476. The highest BCUT2D eigenvalue weighted by molar-refractivity contribution is 5.93. The largest absolute Gasteiger partial charge is 0.385 e. The van der Waals surface area contributed by atoms with Crippen molar-refractivity contribution >= 4 is 11.7 Å². The quantitative estimate of drug-likeness (QED) is 0.428. The lowest BCUT2D eigenvalue weighted by Crippen LogP contribution is -2.28. The summed E-state index contributed by atoms with van der Waals surface area (Å²) in [5.41, 5.74) is 2.96. The van der Waals surface area contributed by atoms with E-state index in [0.29, 0.717) is 24.5 Å². The Labute approximate surface area is 101 Å². The standard InChI is InChI=1S/C11H18N4O2/c1-15(6-3-7-17-2)11(16)9-4-5-10(14-12)13-8-9/h4-5,8H,3,6-7,12H2,1-2H3,(H,13,14). The number of carbonyl (C=O) groups is 1. The van der Waals surface area contributed by atoms with Gasteiger partial charge in [-0.25, -0.2) is 10.8 Å². The molecule has 1 aromatic heterocycles. The van der Waals surface area contributed by atoms with Gasteiger partial charge in [0, 0.05) is 33.5 Å². The number of carbonyl (C=O) groups excluding carboxylic acids is 1. The van der Waals surface area contributed by atoms with E-state index in [2.05, 4.69) is 10.4 Å². The summed E-state index contributed by atoms with van der Waals surface area (Å²) in [6.45, 7) is 1.30. The number of rotatable bonds is 6. The lowest BCUT2D eigenvalue weighted by molar-refractivity contribution is 0.0779. The van der Waals surface area contributed by atoms with Crippen LogP contribution in [0.2, 0.25) is 0 Å². The third-order valence-corrected chi connectivity index (χ3v) is 2.35. The van der Waals surface area contributed by atoms with Gasteiger partial charge in [0.1, 0.15) is 5.82 Å². The highest BCUT2D eigenvalue weighted by Crippen LogP contribution is 2.06. The monoisotopic (exact) mass is 238 g/mol. The number of nitrogens with one attached hydrogen (secondary N) is 1. The molecule has 0 unspecified atom stereocenters. The number of pyridine rings is 1. The smallest absolute Gasteiger partial charge is 0.255 e. The van der Waals surface area contributed by atoms with E-state index in [1.54, 1.807) is 31.2 Å². The molecule has 0 spiro atoms. The zero-order chi connectivity index (χ0) is 12.7. The van der Waals surface area contributed by atoms with Gasteiger partial charge >= 0.3 is 0 Å². The molecule has 0 atom stereocenters. The molecule has 0 aliphatic carbocycles. The van der Waals surface area contributed by atoms with Gasteiger partial charge in [0.25, 0.3) is 5.91 Å². The van der Waals surface area contributed by atoms with Crippen molar-refractivity contribution in [2.24, 2.45) is 5.84 Å². The molecule has 1 rings (SSSR count). The Balaban J connectivity index is 2.55. The lowest BCUT2D eigenvalue weighted by Gasteiger charge is -2.16. The SMILES string of the molecule is COCCCN(C)C(=O)c1ccc(NN)nc1. The first-order valence-corrected chi connectivity index (χ1v) is 5.36. The second-order valence-corrected chi connectivity index (χ2v) is 3.65. The zero-order valence-corrected chi connectivity index (χ0v) is 10.1. The summed E-state index contributed by atoms with van der Waals surface area (Å²) in [5, 5.41) is 0. The fourth-order valence-electron chi connectivity index (χ4n) is 1.37. The van der Waals surface area contributed by atoms with Gasteiger partial charge in [-0.05, 0) is 18.6 Å². The maximum atomic E-state index is 11.9. The first kappa shape index (κ1) is 13.4. The fraction of sp³-hybridized carbons (Fsp3) is 0.455. The summed E-state index contributed by atoms with van der Waals surface area (Å²) >= 11 is 0. The number of hydrogen-bond acceptors (Lipinski definition) is 5. The average molecular weight is 238 g/mol. The molecule has 94 valence electrons. The Kier molecular flexibility index (Phi) is 5.38. The van der Waals surface area contributed by atoms with Crippen LogP contribution in [0.5, 0.6) is 0 Å². The van der Waals surface area contributed by atoms with Gasteiger partial charge < -0.3 is 15.1 Å². The molecule has 6 nitrogen and oxygen atoms in total. The molecule has 0 saturated carbocycles. The summed E-state index contributed by atoms with van der Waals surface area (Å²) in [4.78, 5) is 17.6.